The molecule has 4 rings (SSSR count). The zero-order valence-corrected chi connectivity index (χ0v) is 23.4. The maximum Gasteiger partial charge on any atom is 0.410 e. The third-order valence-electron chi connectivity index (χ3n) is 7.91. The van der Waals surface area contributed by atoms with Crippen LogP contribution in [0.15, 0.2) is 30.3 Å². The first-order chi connectivity index (χ1) is 18.6. The Morgan fingerprint density at radius 1 is 1.00 bits per heavy atom. The van der Waals surface area contributed by atoms with Gasteiger partial charge in [0.15, 0.2) is 0 Å². The second kappa shape index (κ2) is 12.3. The number of amides is 3. The molecule has 214 valence electrons. The van der Waals surface area contributed by atoms with Crippen LogP contribution in [0.2, 0.25) is 0 Å². The summed E-state index contributed by atoms with van der Waals surface area (Å²) in [6.07, 6.45) is 4.08. The summed E-state index contributed by atoms with van der Waals surface area (Å²) in [5, 5.41) is 2.86. The van der Waals surface area contributed by atoms with Crippen LogP contribution in [0.1, 0.15) is 64.9 Å². The fraction of sp³-hybridized carbons (Fsp3) is 0.655. The van der Waals surface area contributed by atoms with E-state index in [0.717, 1.165) is 37.7 Å². The third kappa shape index (κ3) is 6.83. The van der Waals surface area contributed by atoms with E-state index >= 15 is 0 Å². The van der Waals surface area contributed by atoms with Gasteiger partial charge in [-0.3, -0.25) is 9.59 Å². The number of methoxy groups -OCH3 is 1. The Morgan fingerprint density at radius 3 is 2.33 bits per heavy atom. The highest BCUT2D eigenvalue weighted by atomic mass is 16.6. The van der Waals surface area contributed by atoms with E-state index in [1.165, 1.54) is 7.11 Å². The number of hydrogen-bond donors (Lipinski definition) is 1. The van der Waals surface area contributed by atoms with Crippen molar-refractivity contribution in [2.45, 2.75) is 89.6 Å². The number of ether oxygens (including phenoxy) is 3. The van der Waals surface area contributed by atoms with Crippen molar-refractivity contribution in [2.75, 3.05) is 20.2 Å². The molecular formula is C29H41N3O7. The van der Waals surface area contributed by atoms with E-state index in [1.54, 1.807) is 30.6 Å². The number of carbonyl (C=O) groups excluding carboxylic acids is 4. The van der Waals surface area contributed by atoms with Gasteiger partial charge in [0.25, 0.3) is 0 Å². The number of benzene rings is 1. The van der Waals surface area contributed by atoms with E-state index in [-0.39, 0.29) is 31.0 Å². The van der Waals surface area contributed by atoms with Crippen LogP contribution < -0.4 is 5.32 Å². The minimum Gasteiger partial charge on any atom is -0.469 e. The van der Waals surface area contributed by atoms with Gasteiger partial charge in [-0.1, -0.05) is 49.6 Å². The number of nitrogens with zero attached hydrogens (tertiary/aromatic N) is 2. The van der Waals surface area contributed by atoms with E-state index in [0.29, 0.717) is 13.0 Å². The SMILES string of the molecule is COC(=O)C1CN(C(=O)OCc2ccccc2)C2CCN(C(=O)C(NC(=O)OC(C)(C)C)C3CCCCC3)C12. The maximum absolute atomic E-state index is 14.1. The normalized spacial score (nSPS) is 24.1. The Labute approximate surface area is 230 Å². The average molecular weight is 544 g/mol. The molecule has 1 aromatic carbocycles. The lowest BCUT2D eigenvalue weighted by atomic mass is 9.83. The van der Waals surface area contributed by atoms with E-state index in [2.05, 4.69) is 5.32 Å². The molecule has 0 bridgehead atoms. The highest BCUT2D eigenvalue weighted by Crippen LogP contribution is 2.38. The molecule has 4 unspecified atom stereocenters. The van der Waals surface area contributed by atoms with Gasteiger partial charge >= 0.3 is 18.2 Å². The quantitative estimate of drug-likeness (QED) is 0.428. The molecule has 10 nitrogen and oxygen atoms in total. The summed E-state index contributed by atoms with van der Waals surface area (Å²) in [5.41, 5.74) is 0.156. The van der Waals surface area contributed by atoms with Crippen LogP contribution in [-0.4, -0.2) is 77.8 Å². The van der Waals surface area contributed by atoms with Gasteiger partial charge in [0.1, 0.15) is 18.2 Å². The third-order valence-corrected chi connectivity index (χ3v) is 7.91. The van der Waals surface area contributed by atoms with Crippen LogP contribution in [0.5, 0.6) is 0 Å². The first-order valence-corrected chi connectivity index (χ1v) is 13.9. The van der Waals surface area contributed by atoms with Gasteiger partial charge in [-0.15, -0.1) is 0 Å². The predicted octanol–water partition coefficient (Wildman–Crippen LogP) is 3.87. The predicted molar refractivity (Wildman–Crippen MR) is 142 cm³/mol. The van der Waals surface area contributed by atoms with Gasteiger partial charge in [0, 0.05) is 13.1 Å². The molecule has 1 aromatic rings. The summed E-state index contributed by atoms with van der Waals surface area (Å²) >= 11 is 0. The molecule has 1 N–H and O–H groups in total. The topological polar surface area (TPSA) is 114 Å². The van der Waals surface area contributed by atoms with Crippen molar-refractivity contribution in [1.82, 2.24) is 15.1 Å². The Morgan fingerprint density at radius 2 is 1.69 bits per heavy atom. The summed E-state index contributed by atoms with van der Waals surface area (Å²) in [6, 6.07) is 7.67. The lowest BCUT2D eigenvalue weighted by Crippen LogP contribution is -2.56. The standard InChI is InChI=1S/C29H41N3O7/c1-29(2,3)39-27(35)30-23(20-13-9-6-10-14-20)25(33)31-16-15-22-24(31)21(26(34)37-4)17-32(22)28(36)38-18-19-11-7-5-8-12-19/h5,7-8,11-12,20-24H,6,9-10,13-18H2,1-4H3,(H,30,35). The number of alkyl carbamates (subject to hydrolysis) is 1. The first kappa shape index (κ1) is 28.7. The molecule has 0 aromatic heterocycles. The lowest BCUT2D eigenvalue weighted by Gasteiger charge is -2.36. The minimum absolute atomic E-state index is 0.0252. The van der Waals surface area contributed by atoms with Crippen molar-refractivity contribution in [3.63, 3.8) is 0 Å². The molecule has 39 heavy (non-hydrogen) atoms. The number of carbonyl (C=O) groups is 4. The molecule has 2 heterocycles. The van der Waals surface area contributed by atoms with Crippen LogP contribution in [0.25, 0.3) is 0 Å². The van der Waals surface area contributed by atoms with Gasteiger partial charge in [-0.25, -0.2) is 9.59 Å². The minimum atomic E-state index is -0.767. The Bertz CT molecular complexity index is 1040. The van der Waals surface area contributed by atoms with Crippen LogP contribution >= 0.6 is 0 Å². The van der Waals surface area contributed by atoms with Crippen LogP contribution in [0.4, 0.5) is 9.59 Å². The highest BCUT2D eigenvalue weighted by Gasteiger charge is 2.56. The fourth-order valence-electron chi connectivity index (χ4n) is 6.18. The molecule has 0 radical (unpaired) electrons. The number of hydrogen-bond acceptors (Lipinski definition) is 7. The molecular weight excluding hydrogens is 502 g/mol. The van der Waals surface area contributed by atoms with Gasteiger partial charge < -0.3 is 29.3 Å². The molecule has 0 spiro atoms. The highest BCUT2D eigenvalue weighted by molar-refractivity contribution is 5.88. The summed E-state index contributed by atoms with van der Waals surface area (Å²) in [5.74, 6) is -1.45. The van der Waals surface area contributed by atoms with Crippen molar-refractivity contribution in [3.8, 4) is 0 Å². The zero-order valence-electron chi connectivity index (χ0n) is 23.4. The van der Waals surface area contributed by atoms with Crippen molar-refractivity contribution in [1.29, 1.82) is 0 Å². The Balaban J connectivity index is 1.53. The summed E-state index contributed by atoms with van der Waals surface area (Å²) in [6.45, 7) is 5.92. The van der Waals surface area contributed by atoms with E-state index in [1.807, 2.05) is 30.3 Å². The van der Waals surface area contributed by atoms with Crippen molar-refractivity contribution in [3.05, 3.63) is 35.9 Å². The Kier molecular flexibility index (Phi) is 9.02. The molecule has 3 fully saturated rings. The maximum atomic E-state index is 14.1. The molecule has 2 saturated heterocycles. The van der Waals surface area contributed by atoms with Crippen LogP contribution in [0.3, 0.4) is 0 Å². The number of rotatable bonds is 6. The van der Waals surface area contributed by atoms with E-state index in [4.69, 9.17) is 14.2 Å². The number of nitrogens with one attached hydrogen (secondary N) is 1. The number of fused-ring (bicyclic) bond motifs is 1. The van der Waals surface area contributed by atoms with Crippen molar-refractivity contribution < 1.29 is 33.4 Å². The molecule has 10 heteroatoms. The molecule has 3 aliphatic rings. The van der Waals surface area contributed by atoms with Gasteiger partial charge in [-0.2, -0.15) is 0 Å². The lowest BCUT2D eigenvalue weighted by molar-refractivity contribution is -0.148. The average Bonchev–Trinajstić information content (AvgIpc) is 3.51. The summed E-state index contributed by atoms with van der Waals surface area (Å²) in [4.78, 5) is 56.1. The molecule has 1 aliphatic carbocycles. The molecule has 2 aliphatic heterocycles. The van der Waals surface area contributed by atoms with Crippen molar-refractivity contribution >= 4 is 24.1 Å². The summed E-state index contributed by atoms with van der Waals surface area (Å²) < 4.78 is 16.1. The second-order valence-electron chi connectivity index (χ2n) is 11.7. The van der Waals surface area contributed by atoms with E-state index in [9.17, 15) is 19.2 Å². The number of esters is 1. The summed E-state index contributed by atoms with van der Waals surface area (Å²) in [7, 11) is 1.31. The first-order valence-electron chi connectivity index (χ1n) is 13.9. The Hall–Kier alpha value is -3.30. The smallest absolute Gasteiger partial charge is 0.410 e. The van der Waals surface area contributed by atoms with Crippen LogP contribution in [0, 0.1) is 11.8 Å². The zero-order chi connectivity index (χ0) is 28.2. The monoisotopic (exact) mass is 543 g/mol. The van der Waals surface area contributed by atoms with Crippen molar-refractivity contribution in [2.24, 2.45) is 11.8 Å². The fourth-order valence-corrected chi connectivity index (χ4v) is 6.18. The molecule has 1 saturated carbocycles. The largest absolute Gasteiger partial charge is 0.469 e. The van der Waals surface area contributed by atoms with Gasteiger partial charge in [0.2, 0.25) is 5.91 Å². The van der Waals surface area contributed by atoms with Gasteiger partial charge in [0.05, 0.1) is 25.1 Å². The van der Waals surface area contributed by atoms with E-state index < -0.39 is 41.8 Å². The molecule has 4 atom stereocenters. The second-order valence-corrected chi connectivity index (χ2v) is 11.7. The van der Waals surface area contributed by atoms with Gasteiger partial charge in [-0.05, 0) is 51.5 Å². The number of likely N-dealkylation sites (tertiary alicyclic amines) is 2. The van der Waals surface area contributed by atoms with Crippen LogP contribution in [-0.2, 0) is 30.4 Å². The molecule has 3 amide bonds.